The third kappa shape index (κ3) is 10.8. The minimum absolute atomic E-state index is 0. The van der Waals surface area contributed by atoms with Gasteiger partial charge in [-0.25, -0.2) is 0 Å². The molecular weight excluding hydrogens is 275 g/mol. The number of nitrogens with zero attached hydrogens (tertiary/aromatic N) is 1. The molecule has 7 heavy (non-hydrogen) atoms. The van der Waals surface area contributed by atoms with Gasteiger partial charge in [0.05, 0.1) is 6.61 Å². The molecule has 0 atom stereocenters. The molecule has 0 rings (SSSR count). The SMILES string of the molecule is CN(C)CCO.[Au]. The molecule has 0 saturated carbocycles. The molecule has 0 unspecified atom stereocenters. The number of likely N-dealkylation sites (N-methyl/N-ethyl adjacent to an activating group) is 1. The predicted octanol–water partition coefficient (Wildman–Crippen LogP) is -0.462. The second-order valence-corrected chi connectivity index (χ2v) is 1.53. The van der Waals surface area contributed by atoms with Crippen molar-refractivity contribution in [3.63, 3.8) is 0 Å². The van der Waals surface area contributed by atoms with Crippen molar-refractivity contribution in [3.05, 3.63) is 0 Å². The third-order valence-electron chi connectivity index (χ3n) is 0.547. The van der Waals surface area contributed by atoms with Gasteiger partial charge in [0.15, 0.2) is 0 Å². The van der Waals surface area contributed by atoms with Crippen molar-refractivity contribution in [2.24, 2.45) is 0 Å². The monoisotopic (exact) mass is 286 g/mol. The van der Waals surface area contributed by atoms with Crippen molar-refractivity contribution in [1.29, 1.82) is 0 Å². The molecule has 2 nitrogen and oxygen atoms in total. The second kappa shape index (κ2) is 6.66. The van der Waals surface area contributed by atoms with Crippen LogP contribution in [0.5, 0.6) is 0 Å². The summed E-state index contributed by atoms with van der Waals surface area (Å²) in [4.78, 5) is 1.93. The van der Waals surface area contributed by atoms with Crippen LogP contribution in [0.3, 0.4) is 0 Å². The summed E-state index contributed by atoms with van der Waals surface area (Å²) in [7, 11) is 3.85. The Balaban J connectivity index is 0. The van der Waals surface area contributed by atoms with E-state index in [0.29, 0.717) is 0 Å². The molecule has 0 aromatic carbocycles. The maximum atomic E-state index is 8.20. The standard InChI is InChI=1S/C4H11NO.Au/c1-5(2)3-4-6;/h6H,3-4H2,1-2H3;. The molecule has 0 aromatic rings. The summed E-state index contributed by atoms with van der Waals surface area (Å²) in [6, 6.07) is 0. The van der Waals surface area contributed by atoms with Gasteiger partial charge in [0.25, 0.3) is 0 Å². The molecule has 0 aliphatic carbocycles. The predicted molar refractivity (Wildman–Crippen MR) is 25.6 cm³/mol. The van der Waals surface area contributed by atoms with Crippen molar-refractivity contribution in [3.8, 4) is 0 Å². The van der Waals surface area contributed by atoms with Crippen LogP contribution in [0.2, 0.25) is 0 Å². The van der Waals surface area contributed by atoms with Gasteiger partial charge < -0.3 is 10.0 Å². The first-order valence-electron chi connectivity index (χ1n) is 2.03. The van der Waals surface area contributed by atoms with E-state index in [1.807, 2.05) is 19.0 Å². The maximum Gasteiger partial charge on any atom is 0.0558 e. The van der Waals surface area contributed by atoms with Gasteiger partial charge in [-0.1, -0.05) is 0 Å². The summed E-state index contributed by atoms with van der Waals surface area (Å²) in [5, 5.41) is 8.20. The van der Waals surface area contributed by atoms with E-state index in [4.69, 9.17) is 5.11 Å². The molecule has 49 valence electrons. The fourth-order valence-electron chi connectivity index (χ4n) is 0.200. The molecule has 0 fully saturated rings. The molecule has 1 N–H and O–H groups in total. The number of hydrogen-bond donors (Lipinski definition) is 1. The number of aliphatic hydroxyl groups excluding tert-OH is 1. The Kier molecular flexibility index (Phi) is 10.1. The van der Waals surface area contributed by atoms with Crippen LogP contribution >= 0.6 is 0 Å². The van der Waals surface area contributed by atoms with E-state index in [0.717, 1.165) is 6.54 Å². The van der Waals surface area contributed by atoms with Gasteiger partial charge in [0.1, 0.15) is 0 Å². The topological polar surface area (TPSA) is 23.5 Å². The summed E-state index contributed by atoms with van der Waals surface area (Å²) in [6.07, 6.45) is 0. The molecule has 1 radical (unpaired) electrons. The van der Waals surface area contributed by atoms with Crippen LogP contribution in [0, 0.1) is 0 Å². The van der Waals surface area contributed by atoms with Gasteiger partial charge in [-0.3, -0.25) is 0 Å². The molecule has 0 aromatic heterocycles. The van der Waals surface area contributed by atoms with Crippen LogP contribution in [0.4, 0.5) is 0 Å². The summed E-state index contributed by atoms with van der Waals surface area (Å²) in [5.74, 6) is 0. The zero-order valence-corrected chi connectivity index (χ0v) is 6.78. The van der Waals surface area contributed by atoms with Crippen molar-refractivity contribution in [2.75, 3.05) is 27.2 Å². The Morgan fingerprint density at radius 1 is 1.43 bits per heavy atom. The van der Waals surface area contributed by atoms with Gasteiger partial charge >= 0.3 is 0 Å². The molecular formula is C4H11AuNO. The number of aliphatic hydroxyl groups is 1. The van der Waals surface area contributed by atoms with Gasteiger partial charge in [0.2, 0.25) is 0 Å². The van der Waals surface area contributed by atoms with Gasteiger partial charge in [0, 0.05) is 28.9 Å². The first-order chi connectivity index (χ1) is 2.77. The zero-order chi connectivity index (χ0) is 4.99. The Labute approximate surface area is 60.0 Å². The summed E-state index contributed by atoms with van der Waals surface area (Å²) in [6.45, 7) is 1.02. The van der Waals surface area contributed by atoms with E-state index >= 15 is 0 Å². The first kappa shape index (κ1) is 10.6. The van der Waals surface area contributed by atoms with Gasteiger partial charge in [-0.15, -0.1) is 0 Å². The molecule has 0 heterocycles. The van der Waals surface area contributed by atoms with Gasteiger partial charge in [-0.2, -0.15) is 0 Å². The first-order valence-corrected chi connectivity index (χ1v) is 2.03. The van der Waals surface area contributed by atoms with Crippen molar-refractivity contribution >= 4 is 0 Å². The van der Waals surface area contributed by atoms with Crippen LogP contribution in [0.15, 0.2) is 0 Å². The summed E-state index contributed by atoms with van der Waals surface area (Å²) < 4.78 is 0. The smallest absolute Gasteiger partial charge is 0.0558 e. The molecule has 0 aliphatic rings. The Hall–Kier alpha value is 0.660. The van der Waals surface area contributed by atoms with Crippen molar-refractivity contribution in [1.82, 2.24) is 4.90 Å². The molecule has 3 heteroatoms. The van der Waals surface area contributed by atoms with Crippen molar-refractivity contribution < 1.29 is 27.5 Å². The van der Waals surface area contributed by atoms with E-state index in [2.05, 4.69) is 0 Å². The maximum absolute atomic E-state index is 8.20. The normalized spacial score (nSPS) is 8.57. The van der Waals surface area contributed by atoms with E-state index < -0.39 is 0 Å². The zero-order valence-electron chi connectivity index (χ0n) is 4.61. The fraction of sp³-hybridized carbons (Fsp3) is 1.00. The van der Waals surface area contributed by atoms with E-state index in [-0.39, 0.29) is 29.0 Å². The quantitative estimate of drug-likeness (QED) is 0.694. The minimum atomic E-state index is 0. The minimum Gasteiger partial charge on any atom is -0.395 e. The third-order valence-corrected chi connectivity index (χ3v) is 0.547. The van der Waals surface area contributed by atoms with E-state index in [9.17, 15) is 0 Å². The largest absolute Gasteiger partial charge is 0.395 e. The molecule has 0 saturated heterocycles. The Morgan fingerprint density at radius 2 is 1.86 bits per heavy atom. The van der Waals surface area contributed by atoms with Crippen molar-refractivity contribution in [2.45, 2.75) is 0 Å². The summed E-state index contributed by atoms with van der Waals surface area (Å²) in [5.41, 5.74) is 0. The Bertz CT molecular complexity index is 32.9. The van der Waals surface area contributed by atoms with Crippen LogP contribution < -0.4 is 0 Å². The van der Waals surface area contributed by atoms with Gasteiger partial charge in [-0.05, 0) is 14.1 Å². The molecule has 0 aliphatic heterocycles. The number of hydrogen-bond acceptors (Lipinski definition) is 2. The molecule has 0 amide bonds. The number of rotatable bonds is 2. The van der Waals surface area contributed by atoms with Crippen LogP contribution in [0.25, 0.3) is 0 Å². The average Bonchev–Trinajstić information content (AvgIpc) is 1.35. The Morgan fingerprint density at radius 3 is 1.86 bits per heavy atom. The van der Waals surface area contributed by atoms with E-state index in [1.165, 1.54) is 0 Å². The van der Waals surface area contributed by atoms with Crippen LogP contribution in [0.1, 0.15) is 0 Å². The fourth-order valence-corrected chi connectivity index (χ4v) is 0.200. The second-order valence-electron chi connectivity index (χ2n) is 1.53. The van der Waals surface area contributed by atoms with Crippen LogP contribution in [-0.4, -0.2) is 37.3 Å². The summed E-state index contributed by atoms with van der Waals surface area (Å²) >= 11 is 0. The van der Waals surface area contributed by atoms with E-state index in [1.54, 1.807) is 0 Å². The molecule has 0 bridgehead atoms. The average molecular weight is 286 g/mol. The van der Waals surface area contributed by atoms with Crippen LogP contribution in [-0.2, 0) is 22.4 Å². The molecule has 0 spiro atoms.